The van der Waals surface area contributed by atoms with Gasteiger partial charge in [0.15, 0.2) is 17.5 Å². The Bertz CT molecular complexity index is 569. The van der Waals surface area contributed by atoms with Crippen molar-refractivity contribution in [1.29, 1.82) is 0 Å². The standard InChI is InChI=1S/C20H34N4O2/c1-16-8-13-24(14-9-16)12-4-10-22-20(21)23-11-7-17-5-6-18(25-2)19(15-17)26-3/h5-6,15-16H,4,7-14H2,1-3H3,(H3,21,22,23). The molecule has 0 amide bonds. The molecule has 1 aliphatic rings. The smallest absolute Gasteiger partial charge is 0.188 e. The van der Waals surface area contributed by atoms with Crippen molar-refractivity contribution in [3.05, 3.63) is 23.8 Å². The Balaban J connectivity index is 1.63. The number of piperidine rings is 1. The molecule has 2 rings (SSSR count). The fraction of sp³-hybridized carbons (Fsp3) is 0.650. The Morgan fingerprint density at radius 3 is 2.65 bits per heavy atom. The van der Waals surface area contributed by atoms with Crippen molar-refractivity contribution in [2.24, 2.45) is 16.6 Å². The van der Waals surface area contributed by atoms with E-state index in [-0.39, 0.29) is 0 Å². The number of hydrogen-bond donors (Lipinski definition) is 2. The summed E-state index contributed by atoms with van der Waals surface area (Å²) in [7, 11) is 3.29. The molecule has 0 atom stereocenters. The summed E-state index contributed by atoms with van der Waals surface area (Å²) in [4.78, 5) is 6.97. The molecule has 1 aromatic rings. The van der Waals surface area contributed by atoms with Gasteiger partial charge in [0.2, 0.25) is 0 Å². The lowest BCUT2D eigenvalue weighted by Gasteiger charge is -2.29. The van der Waals surface area contributed by atoms with Crippen LogP contribution in [-0.4, -0.2) is 57.8 Å². The summed E-state index contributed by atoms with van der Waals surface area (Å²) >= 11 is 0. The summed E-state index contributed by atoms with van der Waals surface area (Å²) in [6, 6.07) is 5.95. The highest BCUT2D eigenvalue weighted by molar-refractivity contribution is 5.77. The number of nitrogens with zero attached hydrogens (tertiary/aromatic N) is 2. The van der Waals surface area contributed by atoms with Crippen molar-refractivity contribution in [3.63, 3.8) is 0 Å². The average molecular weight is 363 g/mol. The highest BCUT2D eigenvalue weighted by Crippen LogP contribution is 2.27. The minimum absolute atomic E-state index is 0.526. The minimum Gasteiger partial charge on any atom is -0.493 e. The second-order valence-electron chi connectivity index (χ2n) is 7.01. The number of nitrogens with two attached hydrogens (primary N) is 1. The van der Waals surface area contributed by atoms with Crippen LogP contribution < -0.4 is 20.5 Å². The van der Waals surface area contributed by atoms with E-state index in [4.69, 9.17) is 15.2 Å². The normalized spacial score (nSPS) is 16.5. The van der Waals surface area contributed by atoms with Crippen molar-refractivity contribution in [2.75, 3.05) is 46.9 Å². The van der Waals surface area contributed by atoms with Gasteiger partial charge in [-0.05, 0) is 68.9 Å². The summed E-state index contributed by atoms with van der Waals surface area (Å²) in [6.45, 7) is 7.44. The Labute approximate surface area is 157 Å². The molecular weight excluding hydrogens is 328 g/mol. The first-order valence-corrected chi connectivity index (χ1v) is 9.59. The largest absolute Gasteiger partial charge is 0.493 e. The third kappa shape index (κ3) is 6.75. The molecule has 6 nitrogen and oxygen atoms in total. The molecule has 1 saturated heterocycles. The van der Waals surface area contributed by atoms with Crippen LogP contribution in [-0.2, 0) is 6.42 Å². The lowest BCUT2D eigenvalue weighted by Crippen LogP contribution is -2.35. The number of ether oxygens (including phenoxy) is 2. The van der Waals surface area contributed by atoms with E-state index >= 15 is 0 Å². The molecule has 1 heterocycles. The van der Waals surface area contributed by atoms with E-state index in [0.717, 1.165) is 49.9 Å². The van der Waals surface area contributed by atoms with Crippen molar-refractivity contribution in [1.82, 2.24) is 10.2 Å². The van der Waals surface area contributed by atoms with Gasteiger partial charge in [0.1, 0.15) is 0 Å². The lowest BCUT2D eigenvalue weighted by molar-refractivity contribution is 0.192. The Hall–Kier alpha value is -1.95. The first kappa shape index (κ1) is 20.4. The van der Waals surface area contributed by atoms with E-state index in [9.17, 15) is 0 Å². The van der Waals surface area contributed by atoms with Gasteiger partial charge in [0, 0.05) is 13.1 Å². The van der Waals surface area contributed by atoms with Crippen LogP contribution in [0.25, 0.3) is 0 Å². The van der Waals surface area contributed by atoms with Crippen LogP contribution in [0, 0.1) is 5.92 Å². The molecule has 1 aliphatic heterocycles. The monoisotopic (exact) mass is 362 g/mol. The van der Waals surface area contributed by atoms with Gasteiger partial charge in [0.05, 0.1) is 14.2 Å². The summed E-state index contributed by atoms with van der Waals surface area (Å²) in [5.74, 6) is 2.90. The Morgan fingerprint density at radius 2 is 1.96 bits per heavy atom. The highest BCUT2D eigenvalue weighted by Gasteiger charge is 2.14. The van der Waals surface area contributed by atoms with Gasteiger partial charge < -0.3 is 25.4 Å². The first-order valence-electron chi connectivity index (χ1n) is 9.59. The number of nitrogens with one attached hydrogen (secondary N) is 1. The molecule has 0 spiro atoms. The van der Waals surface area contributed by atoms with Crippen LogP contribution in [0.2, 0.25) is 0 Å². The van der Waals surface area contributed by atoms with Crippen molar-refractivity contribution >= 4 is 5.96 Å². The molecule has 0 saturated carbocycles. The predicted octanol–water partition coefficient (Wildman–Crippen LogP) is 2.27. The summed E-state index contributed by atoms with van der Waals surface area (Å²) in [5.41, 5.74) is 7.13. The quantitative estimate of drug-likeness (QED) is 0.401. The van der Waals surface area contributed by atoms with E-state index in [0.29, 0.717) is 5.96 Å². The fourth-order valence-corrected chi connectivity index (χ4v) is 3.21. The maximum Gasteiger partial charge on any atom is 0.188 e. The van der Waals surface area contributed by atoms with Crippen LogP contribution in [0.3, 0.4) is 0 Å². The molecule has 6 heteroatoms. The van der Waals surface area contributed by atoms with Gasteiger partial charge in [-0.3, -0.25) is 4.99 Å². The number of methoxy groups -OCH3 is 2. The molecule has 0 aromatic heterocycles. The average Bonchev–Trinajstić information content (AvgIpc) is 2.66. The molecule has 1 aromatic carbocycles. The zero-order valence-corrected chi connectivity index (χ0v) is 16.5. The van der Waals surface area contributed by atoms with Crippen molar-refractivity contribution < 1.29 is 9.47 Å². The summed E-state index contributed by atoms with van der Waals surface area (Å²) < 4.78 is 10.6. The summed E-state index contributed by atoms with van der Waals surface area (Å²) in [6.07, 6.45) is 4.56. The van der Waals surface area contributed by atoms with Crippen LogP contribution in [0.15, 0.2) is 23.2 Å². The van der Waals surface area contributed by atoms with Gasteiger partial charge in [-0.25, -0.2) is 0 Å². The number of guanidine groups is 1. The van der Waals surface area contributed by atoms with E-state index in [1.54, 1.807) is 14.2 Å². The van der Waals surface area contributed by atoms with Crippen molar-refractivity contribution in [3.8, 4) is 11.5 Å². The van der Waals surface area contributed by atoms with Gasteiger partial charge in [-0.2, -0.15) is 0 Å². The van der Waals surface area contributed by atoms with Gasteiger partial charge in [-0.1, -0.05) is 13.0 Å². The second kappa shape index (κ2) is 10.9. The van der Waals surface area contributed by atoms with Crippen LogP contribution in [0.4, 0.5) is 0 Å². The van der Waals surface area contributed by atoms with Gasteiger partial charge in [0.25, 0.3) is 0 Å². The SMILES string of the molecule is COc1ccc(CCNC(N)=NCCCN2CCC(C)CC2)cc1OC. The fourth-order valence-electron chi connectivity index (χ4n) is 3.21. The number of rotatable bonds is 9. The second-order valence-corrected chi connectivity index (χ2v) is 7.01. The Kier molecular flexibility index (Phi) is 8.54. The molecule has 0 bridgehead atoms. The highest BCUT2D eigenvalue weighted by atomic mass is 16.5. The van der Waals surface area contributed by atoms with Crippen LogP contribution >= 0.6 is 0 Å². The van der Waals surface area contributed by atoms with Crippen LogP contribution in [0.5, 0.6) is 11.5 Å². The molecule has 146 valence electrons. The van der Waals surface area contributed by atoms with Gasteiger partial charge in [-0.15, -0.1) is 0 Å². The molecule has 1 fully saturated rings. The maximum absolute atomic E-state index is 5.96. The lowest BCUT2D eigenvalue weighted by atomic mass is 9.99. The number of benzene rings is 1. The Morgan fingerprint density at radius 1 is 1.23 bits per heavy atom. The summed E-state index contributed by atoms with van der Waals surface area (Å²) in [5, 5.41) is 3.18. The van der Waals surface area contributed by atoms with Crippen LogP contribution in [0.1, 0.15) is 31.7 Å². The van der Waals surface area contributed by atoms with E-state index in [1.807, 2.05) is 18.2 Å². The van der Waals surface area contributed by atoms with Crippen molar-refractivity contribution in [2.45, 2.75) is 32.6 Å². The zero-order valence-electron chi connectivity index (χ0n) is 16.5. The number of aliphatic imine (C=N–C) groups is 1. The molecule has 0 radical (unpaired) electrons. The van der Waals surface area contributed by atoms with E-state index in [2.05, 4.69) is 22.1 Å². The first-order chi connectivity index (χ1) is 12.6. The molecule has 26 heavy (non-hydrogen) atoms. The third-order valence-electron chi connectivity index (χ3n) is 4.96. The van der Waals surface area contributed by atoms with Gasteiger partial charge >= 0.3 is 0 Å². The molecular formula is C20H34N4O2. The molecule has 3 N–H and O–H groups in total. The molecule has 0 unspecified atom stereocenters. The van der Waals surface area contributed by atoms with E-state index in [1.165, 1.54) is 31.5 Å². The topological polar surface area (TPSA) is 72.1 Å². The number of likely N-dealkylation sites (tertiary alicyclic amines) is 1. The number of hydrogen-bond acceptors (Lipinski definition) is 4. The maximum atomic E-state index is 5.96. The zero-order chi connectivity index (χ0) is 18.8. The van der Waals surface area contributed by atoms with E-state index < -0.39 is 0 Å². The molecule has 0 aliphatic carbocycles. The predicted molar refractivity (Wildman–Crippen MR) is 107 cm³/mol. The third-order valence-corrected chi connectivity index (χ3v) is 4.96. The minimum atomic E-state index is 0.526.